The number of nitrogens with one attached hydrogen (secondary N) is 1. The fraction of sp³-hybridized carbons (Fsp3) is 0.389. The second-order valence-electron chi connectivity index (χ2n) is 5.59. The van der Waals surface area contributed by atoms with Crippen LogP contribution in [0.2, 0.25) is 0 Å². The standard InChI is InChI=1S/C18H21NO3/c1-2-10-19-18(20)17-9-8-16(22-17)12-21-15-7-6-13-4-3-5-14(13)11-15/h6-9,11H,2-5,10,12H2,1H3,(H,19,20). The van der Waals surface area contributed by atoms with E-state index in [4.69, 9.17) is 9.15 Å². The predicted molar refractivity (Wildman–Crippen MR) is 84.1 cm³/mol. The summed E-state index contributed by atoms with van der Waals surface area (Å²) < 4.78 is 11.3. The Kier molecular flexibility index (Phi) is 4.47. The Balaban J connectivity index is 1.58. The first kappa shape index (κ1) is 14.7. The fourth-order valence-corrected chi connectivity index (χ4v) is 2.70. The normalized spacial score (nSPS) is 13.0. The number of fused-ring (bicyclic) bond motifs is 1. The minimum atomic E-state index is -0.175. The van der Waals surface area contributed by atoms with Gasteiger partial charge in [-0.3, -0.25) is 4.79 Å². The maximum atomic E-state index is 11.8. The van der Waals surface area contributed by atoms with Gasteiger partial charge in [0.2, 0.25) is 0 Å². The molecule has 22 heavy (non-hydrogen) atoms. The summed E-state index contributed by atoms with van der Waals surface area (Å²) in [5.41, 5.74) is 2.82. The smallest absolute Gasteiger partial charge is 0.286 e. The van der Waals surface area contributed by atoms with Crippen molar-refractivity contribution in [3.8, 4) is 5.75 Å². The number of benzene rings is 1. The van der Waals surface area contributed by atoms with Crippen molar-refractivity contribution >= 4 is 5.91 Å². The lowest BCUT2D eigenvalue weighted by Crippen LogP contribution is -2.23. The lowest BCUT2D eigenvalue weighted by Gasteiger charge is -2.06. The van der Waals surface area contributed by atoms with Crippen molar-refractivity contribution in [2.45, 2.75) is 39.2 Å². The van der Waals surface area contributed by atoms with Crippen molar-refractivity contribution in [3.05, 3.63) is 53.0 Å². The van der Waals surface area contributed by atoms with Gasteiger partial charge in [0.1, 0.15) is 18.1 Å². The third-order valence-electron chi connectivity index (χ3n) is 3.87. The van der Waals surface area contributed by atoms with Crippen molar-refractivity contribution in [1.82, 2.24) is 5.32 Å². The molecule has 0 spiro atoms. The Bertz CT molecular complexity index is 660. The molecule has 1 aromatic heterocycles. The summed E-state index contributed by atoms with van der Waals surface area (Å²) in [6, 6.07) is 9.73. The number of furan rings is 1. The van der Waals surface area contributed by atoms with Crippen molar-refractivity contribution in [1.29, 1.82) is 0 Å². The van der Waals surface area contributed by atoms with Gasteiger partial charge in [-0.25, -0.2) is 0 Å². The zero-order valence-electron chi connectivity index (χ0n) is 12.9. The average molecular weight is 299 g/mol. The van der Waals surface area contributed by atoms with Crippen LogP contribution in [-0.2, 0) is 19.4 Å². The number of amides is 1. The molecule has 4 nitrogen and oxygen atoms in total. The molecule has 4 heteroatoms. The van der Waals surface area contributed by atoms with E-state index in [9.17, 15) is 4.79 Å². The third kappa shape index (κ3) is 3.32. The molecular weight excluding hydrogens is 278 g/mol. The van der Waals surface area contributed by atoms with Gasteiger partial charge in [0.15, 0.2) is 5.76 Å². The number of hydrogen-bond donors (Lipinski definition) is 1. The topological polar surface area (TPSA) is 51.5 Å². The van der Waals surface area contributed by atoms with Crippen LogP contribution in [0, 0.1) is 0 Å². The van der Waals surface area contributed by atoms with Crippen molar-refractivity contribution in [2.24, 2.45) is 0 Å². The maximum Gasteiger partial charge on any atom is 0.286 e. The number of rotatable bonds is 6. The third-order valence-corrected chi connectivity index (χ3v) is 3.87. The van der Waals surface area contributed by atoms with Crippen molar-refractivity contribution in [3.63, 3.8) is 0 Å². The van der Waals surface area contributed by atoms with Crippen LogP contribution in [0.1, 0.15) is 47.2 Å². The summed E-state index contributed by atoms with van der Waals surface area (Å²) in [7, 11) is 0. The van der Waals surface area contributed by atoms with Gasteiger partial charge in [-0.1, -0.05) is 13.0 Å². The first-order valence-corrected chi connectivity index (χ1v) is 7.88. The number of carbonyl (C=O) groups is 1. The fourth-order valence-electron chi connectivity index (χ4n) is 2.70. The summed E-state index contributed by atoms with van der Waals surface area (Å²) >= 11 is 0. The lowest BCUT2D eigenvalue weighted by atomic mass is 10.1. The summed E-state index contributed by atoms with van der Waals surface area (Å²) in [6.45, 7) is 3.00. The van der Waals surface area contributed by atoms with E-state index in [1.807, 2.05) is 13.0 Å². The highest BCUT2D eigenvalue weighted by Crippen LogP contribution is 2.26. The number of ether oxygens (including phenoxy) is 1. The molecule has 0 bridgehead atoms. The van der Waals surface area contributed by atoms with Gasteiger partial charge in [0, 0.05) is 6.54 Å². The van der Waals surface area contributed by atoms with E-state index in [0.717, 1.165) is 18.6 Å². The molecule has 0 unspecified atom stereocenters. The van der Waals surface area contributed by atoms with Gasteiger partial charge >= 0.3 is 0 Å². The number of aryl methyl sites for hydroxylation is 2. The minimum Gasteiger partial charge on any atom is -0.486 e. The van der Waals surface area contributed by atoms with Crippen LogP contribution < -0.4 is 10.1 Å². The Hall–Kier alpha value is -2.23. The van der Waals surface area contributed by atoms with E-state index < -0.39 is 0 Å². The lowest BCUT2D eigenvalue weighted by molar-refractivity contribution is 0.0922. The van der Waals surface area contributed by atoms with Gasteiger partial charge in [-0.05, 0) is 61.1 Å². The molecule has 0 atom stereocenters. The van der Waals surface area contributed by atoms with E-state index in [0.29, 0.717) is 24.7 Å². The SMILES string of the molecule is CCCNC(=O)c1ccc(COc2ccc3c(c2)CCC3)o1. The summed E-state index contributed by atoms with van der Waals surface area (Å²) in [6.07, 6.45) is 4.44. The Labute approximate surface area is 130 Å². The molecule has 1 aromatic carbocycles. The number of carbonyl (C=O) groups excluding carboxylic acids is 1. The van der Waals surface area contributed by atoms with Crippen LogP contribution in [0.4, 0.5) is 0 Å². The van der Waals surface area contributed by atoms with Crippen LogP contribution in [0.3, 0.4) is 0 Å². The van der Waals surface area contributed by atoms with Crippen LogP contribution >= 0.6 is 0 Å². The minimum absolute atomic E-state index is 0.175. The van der Waals surface area contributed by atoms with E-state index in [-0.39, 0.29) is 5.91 Å². The Morgan fingerprint density at radius 1 is 1.23 bits per heavy atom. The second-order valence-corrected chi connectivity index (χ2v) is 5.59. The first-order chi connectivity index (χ1) is 10.8. The van der Waals surface area contributed by atoms with Crippen LogP contribution in [0.25, 0.3) is 0 Å². The first-order valence-electron chi connectivity index (χ1n) is 7.88. The molecule has 1 amide bonds. The quantitative estimate of drug-likeness (QED) is 0.888. The molecular formula is C18H21NO3. The monoisotopic (exact) mass is 299 g/mol. The zero-order valence-corrected chi connectivity index (χ0v) is 12.9. The molecule has 0 radical (unpaired) electrons. The van der Waals surface area contributed by atoms with E-state index >= 15 is 0 Å². The molecule has 0 saturated heterocycles. The molecule has 0 fully saturated rings. The summed E-state index contributed by atoms with van der Waals surface area (Å²) in [4.78, 5) is 11.8. The molecule has 116 valence electrons. The highest BCUT2D eigenvalue weighted by atomic mass is 16.5. The molecule has 3 rings (SSSR count). The predicted octanol–water partition coefficient (Wildman–Crippen LogP) is 3.49. The van der Waals surface area contributed by atoms with Gasteiger partial charge in [0.05, 0.1) is 0 Å². The van der Waals surface area contributed by atoms with Crippen LogP contribution in [-0.4, -0.2) is 12.5 Å². The van der Waals surface area contributed by atoms with Gasteiger partial charge in [-0.15, -0.1) is 0 Å². The molecule has 1 N–H and O–H groups in total. The van der Waals surface area contributed by atoms with E-state index in [2.05, 4.69) is 17.4 Å². The van der Waals surface area contributed by atoms with Gasteiger partial charge in [-0.2, -0.15) is 0 Å². The second kappa shape index (κ2) is 6.69. The summed E-state index contributed by atoms with van der Waals surface area (Å²) in [5, 5.41) is 2.79. The number of hydrogen-bond acceptors (Lipinski definition) is 3. The Morgan fingerprint density at radius 3 is 2.95 bits per heavy atom. The van der Waals surface area contributed by atoms with Gasteiger partial charge in [0.25, 0.3) is 5.91 Å². The molecule has 1 aliphatic carbocycles. The summed E-state index contributed by atoms with van der Waals surface area (Å²) in [5.74, 6) is 1.67. The molecule has 2 aromatic rings. The molecule has 0 aliphatic heterocycles. The van der Waals surface area contributed by atoms with E-state index in [1.165, 1.54) is 24.0 Å². The van der Waals surface area contributed by atoms with Gasteiger partial charge < -0.3 is 14.5 Å². The van der Waals surface area contributed by atoms with Crippen molar-refractivity contribution in [2.75, 3.05) is 6.54 Å². The highest BCUT2D eigenvalue weighted by molar-refractivity contribution is 5.91. The van der Waals surface area contributed by atoms with Crippen LogP contribution in [0.15, 0.2) is 34.7 Å². The molecule has 0 saturated carbocycles. The average Bonchev–Trinajstić information content (AvgIpc) is 3.18. The molecule has 1 heterocycles. The highest BCUT2D eigenvalue weighted by Gasteiger charge is 2.13. The maximum absolute atomic E-state index is 11.8. The van der Waals surface area contributed by atoms with Crippen LogP contribution in [0.5, 0.6) is 5.75 Å². The largest absolute Gasteiger partial charge is 0.486 e. The zero-order chi connectivity index (χ0) is 15.4. The Morgan fingerprint density at radius 2 is 2.09 bits per heavy atom. The van der Waals surface area contributed by atoms with Crippen molar-refractivity contribution < 1.29 is 13.9 Å². The molecule has 1 aliphatic rings. The van der Waals surface area contributed by atoms with E-state index in [1.54, 1.807) is 12.1 Å².